The Balaban J connectivity index is 2.22. The Kier molecular flexibility index (Phi) is 2.33. The summed E-state index contributed by atoms with van der Waals surface area (Å²) in [6, 6.07) is 10.4. The molecule has 0 spiro atoms. The highest BCUT2D eigenvalue weighted by Gasteiger charge is 1.98. The Labute approximate surface area is 77.0 Å². The van der Waals surface area contributed by atoms with Crippen LogP contribution in [0.1, 0.15) is 5.56 Å². The van der Waals surface area contributed by atoms with Gasteiger partial charge in [-0.25, -0.2) is 0 Å². The van der Waals surface area contributed by atoms with E-state index in [0.717, 1.165) is 5.75 Å². The second kappa shape index (κ2) is 3.63. The number of hydrogen-bond donors (Lipinski definition) is 0. The Hall–Kier alpha value is -0.950. The van der Waals surface area contributed by atoms with Crippen molar-refractivity contribution in [3.63, 3.8) is 0 Å². The maximum absolute atomic E-state index is 2.23. The topological polar surface area (TPSA) is 0 Å². The average Bonchev–Trinajstić information content (AvgIpc) is 2.59. The van der Waals surface area contributed by atoms with E-state index >= 15 is 0 Å². The maximum Gasteiger partial charge on any atom is 0.0226 e. The van der Waals surface area contributed by atoms with E-state index in [2.05, 4.69) is 41.8 Å². The first-order chi connectivity index (χ1) is 5.95. The van der Waals surface area contributed by atoms with Gasteiger partial charge in [-0.1, -0.05) is 42.5 Å². The number of hydrogen-bond acceptors (Lipinski definition) is 1. The molecule has 2 rings (SSSR count). The average molecular weight is 174 g/mol. The molecule has 0 unspecified atom stereocenters. The van der Waals surface area contributed by atoms with Crippen LogP contribution < -0.4 is 0 Å². The Morgan fingerprint density at radius 3 is 2.67 bits per heavy atom. The van der Waals surface area contributed by atoms with Crippen LogP contribution in [0.25, 0.3) is 6.08 Å². The lowest BCUT2D eigenvalue weighted by Crippen LogP contribution is -1.76. The van der Waals surface area contributed by atoms with Crippen LogP contribution in [0.4, 0.5) is 0 Å². The summed E-state index contributed by atoms with van der Waals surface area (Å²) >= 11 is 1.85. The zero-order chi connectivity index (χ0) is 8.23. The van der Waals surface area contributed by atoms with E-state index in [1.807, 2.05) is 17.8 Å². The molecule has 1 aromatic carbocycles. The molecule has 12 heavy (non-hydrogen) atoms. The monoisotopic (exact) mass is 174 g/mol. The number of allylic oxidation sites excluding steroid dienone is 1. The molecule has 1 aromatic rings. The van der Waals surface area contributed by atoms with E-state index in [-0.39, 0.29) is 0 Å². The SMILES string of the molecule is C1=CC(=Cc2ccccc2)CS1. The molecule has 0 atom stereocenters. The summed E-state index contributed by atoms with van der Waals surface area (Å²) in [6.45, 7) is 0. The molecule has 0 radical (unpaired) electrons. The maximum atomic E-state index is 2.23. The van der Waals surface area contributed by atoms with Crippen LogP contribution >= 0.6 is 11.8 Å². The minimum atomic E-state index is 1.12. The quantitative estimate of drug-likeness (QED) is 0.629. The van der Waals surface area contributed by atoms with E-state index in [4.69, 9.17) is 0 Å². The van der Waals surface area contributed by atoms with Crippen LogP contribution in [0.5, 0.6) is 0 Å². The second-order valence-electron chi connectivity index (χ2n) is 2.74. The van der Waals surface area contributed by atoms with Crippen LogP contribution in [0, 0.1) is 0 Å². The van der Waals surface area contributed by atoms with Gasteiger partial charge in [0.25, 0.3) is 0 Å². The van der Waals surface area contributed by atoms with Crippen LogP contribution in [0.3, 0.4) is 0 Å². The molecule has 0 N–H and O–H groups in total. The molecule has 0 saturated heterocycles. The lowest BCUT2D eigenvalue weighted by Gasteiger charge is -1.93. The van der Waals surface area contributed by atoms with Gasteiger partial charge < -0.3 is 0 Å². The van der Waals surface area contributed by atoms with Crippen LogP contribution in [-0.2, 0) is 0 Å². The molecule has 1 heteroatoms. The molecular formula is C11H10S. The van der Waals surface area contributed by atoms with E-state index in [1.54, 1.807) is 0 Å². The van der Waals surface area contributed by atoms with Gasteiger partial charge in [0.2, 0.25) is 0 Å². The summed E-state index contributed by atoms with van der Waals surface area (Å²) in [4.78, 5) is 0. The van der Waals surface area contributed by atoms with Gasteiger partial charge in [0.05, 0.1) is 0 Å². The van der Waals surface area contributed by atoms with Crippen LogP contribution in [0.15, 0.2) is 47.4 Å². The van der Waals surface area contributed by atoms with Crippen molar-refractivity contribution in [2.24, 2.45) is 0 Å². The normalized spacial score (nSPS) is 18.8. The van der Waals surface area contributed by atoms with E-state index < -0.39 is 0 Å². The first-order valence-corrected chi connectivity index (χ1v) is 5.04. The van der Waals surface area contributed by atoms with Gasteiger partial charge in [-0.3, -0.25) is 0 Å². The molecule has 0 aromatic heterocycles. The fourth-order valence-electron chi connectivity index (χ4n) is 1.18. The second-order valence-corrected chi connectivity index (χ2v) is 3.64. The number of benzene rings is 1. The molecule has 0 fully saturated rings. The van der Waals surface area contributed by atoms with Crippen molar-refractivity contribution in [2.45, 2.75) is 0 Å². The minimum Gasteiger partial charge on any atom is -0.129 e. The first-order valence-electron chi connectivity index (χ1n) is 3.99. The molecule has 0 nitrogen and oxygen atoms in total. The lowest BCUT2D eigenvalue weighted by molar-refractivity contribution is 1.59. The lowest BCUT2D eigenvalue weighted by atomic mass is 10.1. The highest BCUT2D eigenvalue weighted by molar-refractivity contribution is 8.02. The van der Waals surface area contributed by atoms with Crippen molar-refractivity contribution in [3.8, 4) is 0 Å². The van der Waals surface area contributed by atoms with Gasteiger partial charge in [-0.2, -0.15) is 0 Å². The first kappa shape index (κ1) is 7.69. The molecule has 0 amide bonds. The standard InChI is InChI=1S/C11H10S/c1-2-4-10(5-3-1)8-11-6-7-12-9-11/h1-8H,9H2. The van der Waals surface area contributed by atoms with E-state index in [1.165, 1.54) is 11.1 Å². The van der Waals surface area contributed by atoms with E-state index in [0.29, 0.717) is 0 Å². The summed E-state index contributed by atoms with van der Waals surface area (Å²) in [5.74, 6) is 1.12. The van der Waals surface area contributed by atoms with Crippen molar-refractivity contribution >= 4 is 17.8 Å². The van der Waals surface area contributed by atoms with Crippen LogP contribution in [0.2, 0.25) is 0 Å². The summed E-state index contributed by atoms with van der Waals surface area (Å²) in [5.41, 5.74) is 2.70. The summed E-state index contributed by atoms with van der Waals surface area (Å²) < 4.78 is 0. The molecule has 1 heterocycles. The molecule has 0 bridgehead atoms. The molecule has 60 valence electrons. The Morgan fingerprint density at radius 1 is 1.17 bits per heavy atom. The fraction of sp³-hybridized carbons (Fsp3) is 0.0909. The molecule has 1 aliphatic heterocycles. The van der Waals surface area contributed by atoms with Crippen molar-refractivity contribution in [3.05, 3.63) is 53.0 Å². The fourth-order valence-corrected chi connectivity index (χ4v) is 1.92. The number of rotatable bonds is 1. The predicted molar refractivity (Wildman–Crippen MR) is 56.0 cm³/mol. The zero-order valence-electron chi connectivity index (χ0n) is 6.73. The van der Waals surface area contributed by atoms with Gasteiger partial charge in [-0.05, 0) is 16.5 Å². The summed E-state index contributed by atoms with van der Waals surface area (Å²) in [7, 11) is 0. The molecule has 0 aliphatic carbocycles. The third-order valence-corrected chi connectivity index (χ3v) is 2.61. The van der Waals surface area contributed by atoms with Crippen molar-refractivity contribution < 1.29 is 0 Å². The summed E-state index contributed by atoms with van der Waals surface area (Å²) in [6.07, 6.45) is 4.41. The van der Waals surface area contributed by atoms with Gasteiger partial charge in [0.1, 0.15) is 0 Å². The van der Waals surface area contributed by atoms with Gasteiger partial charge in [0, 0.05) is 5.75 Å². The van der Waals surface area contributed by atoms with Crippen molar-refractivity contribution in [1.82, 2.24) is 0 Å². The third-order valence-electron chi connectivity index (χ3n) is 1.78. The Morgan fingerprint density at radius 2 is 2.00 bits per heavy atom. The zero-order valence-corrected chi connectivity index (χ0v) is 7.55. The minimum absolute atomic E-state index is 1.12. The number of thioether (sulfide) groups is 1. The summed E-state index contributed by atoms with van der Waals surface area (Å²) in [5, 5.41) is 2.15. The van der Waals surface area contributed by atoms with E-state index in [9.17, 15) is 0 Å². The van der Waals surface area contributed by atoms with Gasteiger partial charge in [-0.15, -0.1) is 11.8 Å². The van der Waals surface area contributed by atoms with Crippen molar-refractivity contribution in [1.29, 1.82) is 0 Å². The highest BCUT2D eigenvalue weighted by atomic mass is 32.2. The Bertz CT molecular complexity index is 309. The van der Waals surface area contributed by atoms with Gasteiger partial charge in [0.15, 0.2) is 0 Å². The van der Waals surface area contributed by atoms with Crippen molar-refractivity contribution in [2.75, 3.05) is 5.75 Å². The molecular weight excluding hydrogens is 164 g/mol. The van der Waals surface area contributed by atoms with Crippen LogP contribution in [-0.4, -0.2) is 5.75 Å². The molecule has 1 aliphatic rings. The van der Waals surface area contributed by atoms with Gasteiger partial charge >= 0.3 is 0 Å². The smallest absolute Gasteiger partial charge is 0.0226 e. The largest absolute Gasteiger partial charge is 0.129 e. The predicted octanol–water partition coefficient (Wildman–Crippen LogP) is 3.33. The molecule has 0 saturated carbocycles. The highest BCUT2D eigenvalue weighted by Crippen LogP contribution is 2.21. The third kappa shape index (κ3) is 1.80.